The van der Waals surface area contributed by atoms with E-state index >= 15 is 0 Å². The van der Waals surface area contributed by atoms with Crippen LogP contribution in [-0.4, -0.2) is 41.9 Å². The number of piperazine rings is 1. The van der Waals surface area contributed by atoms with Gasteiger partial charge in [0.1, 0.15) is 0 Å². The molecule has 0 aromatic heterocycles. The van der Waals surface area contributed by atoms with Crippen LogP contribution in [0.4, 0.5) is 5.69 Å². The molecule has 0 bridgehead atoms. The van der Waals surface area contributed by atoms with E-state index in [-0.39, 0.29) is 11.8 Å². The Morgan fingerprint density at radius 3 is 2.74 bits per heavy atom. The topological polar surface area (TPSA) is 61.4 Å². The van der Waals surface area contributed by atoms with E-state index in [1.807, 2.05) is 17.0 Å². The highest BCUT2D eigenvalue weighted by Crippen LogP contribution is 2.24. The molecule has 0 spiro atoms. The molecule has 2 aliphatic heterocycles. The molecule has 5 heteroatoms. The van der Waals surface area contributed by atoms with Crippen molar-refractivity contribution in [2.75, 3.05) is 18.4 Å². The highest BCUT2D eigenvalue weighted by molar-refractivity contribution is 5.99. The van der Waals surface area contributed by atoms with Crippen LogP contribution in [0.25, 0.3) is 0 Å². The number of carbonyl (C=O) groups excluding carboxylic acids is 2. The molecule has 2 aliphatic rings. The predicted molar refractivity (Wildman–Crippen MR) is 90.4 cm³/mol. The summed E-state index contributed by atoms with van der Waals surface area (Å²) in [6.45, 7) is 5.84. The summed E-state index contributed by atoms with van der Waals surface area (Å²) in [6.07, 6.45) is 2.79. The number of hydrogen-bond donors (Lipinski definition) is 2. The first-order valence-electron chi connectivity index (χ1n) is 8.47. The smallest absolute Gasteiger partial charge is 0.228 e. The summed E-state index contributed by atoms with van der Waals surface area (Å²) in [4.78, 5) is 25.7. The van der Waals surface area contributed by atoms with Gasteiger partial charge in [0.2, 0.25) is 11.8 Å². The molecular formula is C18H25N3O2. The number of aryl methyl sites for hydroxylation is 1. The Morgan fingerprint density at radius 1 is 1.26 bits per heavy atom. The van der Waals surface area contributed by atoms with E-state index in [0.29, 0.717) is 24.9 Å². The van der Waals surface area contributed by atoms with Gasteiger partial charge in [0.15, 0.2) is 0 Å². The van der Waals surface area contributed by atoms with Crippen molar-refractivity contribution >= 4 is 17.5 Å². The Kier molecular flexibility index (Phi) is 4.66. The summed E-state index contributed by atoms with van der Waals surface area (Å²) in [6, 6.07) is 6.84. The standard InChI is InChI=1S/C18H25N3O2/c1-12-10-21(11-13(2)19-12)18(23)5-3-4-14-6-7-16-15(8-14)9-17(22)20-16/h6-8,12-13,19H,3-5,9-11H2,1-2H3,(H,20,22)/t12-,13+. The van der Waals surface area contributed by atoms with Gasteiger partial charge in [-0.2, -0.15) is 0 Å². The van der Waals surface area contributed by atoms with Gasteiger partial charge in [-0.3, -0.25) is 9.59 Å². The minimum Gasteiger partial charge on any atom is -0.340 e. The van der Waals surface area contributed by atoms with E-state index < -0.39 is 0 Å². The maximum atomic E-state index is 12.4. The molecule has 3 rings (SSSR count). The van der Waals surface area contributed by atoms with Crippen LogP contribution in [0.3, 0.4) is 0 Å². The minimum absolute atomic E-state index is 0.0641. The summed E-state index contributed by atoms with van der Waals surface area (Å²) >= 11 is 0. The van der Waals surface area contributed by atoms with Gasteiger partial charge < -0.3 is 15.5 Å². The second-order valence-electron chi connectivity index (χ2n) is 6.84. The maximum absolute atomic E-state index is 12.4. The average molecular weight is 315 g/mol. The minimum atomic E-state index is 0.0641. The molecule has 0 aliphatic carbocycles. The Balaban J connectivity index is 1.49. The first-order chi connectivity index (χ1) is 11.0. The van der Waals surface area contributed by atoms with Crippen LogP contribution in [0.15, 0.2) is 18.2 Å². The number of anilines is 1. The van der Waals surface area contributed by atoms with E-state index in [2.05, 4.69) is 30.5 Å². The molecule has 0 saturated carbocycles. The van der Waals surface area contributed by atoms with E-state index in [1.54, 1.807) is 0 Å². The summed E-state index contributed by atoms with van der Waals surface area (Å²) < 4.78 is 0. The van der Waals surface area contributed by atoms with Gasteiger partial charge in [0.05, 0.1) is 6.42 Å². The number of rotatable bonds is 4. The first-order valence-corrected chi connectivity index (χ1v) is 8.47. The van der Waals surface area contributed by atoms with Crippen molar-refractivity contribution in [2.24, 2.45) is 0 Å². The lowest BCUT2D eigenvalue weighted by Crippen LogP contribution is -2.55. The lowest BCUT2D eigenvalue weighted by atomic mass is 10.0. The van der Waals surface area contributed by atoms with Gasteiger partial charge in [0.25, 0.3) is 0 Å². The zero-order valence-electron chi connectivity index (χ0n) is 13.9. The van der Waals surface area contributed by atoms with E-state index in [4.69, 9.17) is 0 Å². The monoisotopic (exact) mass is 315 g/mol. The fourth-order valence-electron chi connectivity index (χ4n) is 3.57. The van der Waals surface area contributed by atoms with Crippen LogP contribution in [-0.2, 0) is 22.4 Å². The highest BCUT2D eigenvalue weighted by atomic mass is 16.2. The van der Waals surface area contributed by atoms with Gasteiger partial charge in [0, 0.05) is 37.3 Å². The van der Waals surface area contributed by atoms with Crippen molar-refractivity contribution in [3.05, 3.63) is 29.3 Å². The van der Waals surface area contributed by atoms with Crippen LogP contribution in [0, 0.1) is 0 Å². The number of fused-ring (bicyclic) bond motifs is 1. The fourth-order valence-corrected chi connectivity index (χ4v) is 3.57. The quantitative estimate of drug-likeness (QED) is 0.889. The SMILES string of the molecule is C[C@@H]1CN(C(=O)CCCc2ccc3c(c2)CC(=O)N3)C[C@H](C)N1. The summed E-state index contributed by atoms with van der Waals surface area (Å²) in [5, 5.41) is 6.29. The molecule has 2 amide bonds. The van der Waals surface area contributed by atoms with Crippen molar-refractivity contribution in [3.63, 3.8) is 0 Å². The molecule has 0 radical (unpaired) electrons. The van der Waals surface area contributed by atoms with Crippen molar-refractivity contribution in [3.8, 4) is 0 Å². The molecule has 2 N–H and O–H groups in total. The highest BCUT2D eigenvalue weighted by Gasteiger charge is 2.24. The van der Waals surface area contributed by atoms with Gasteiger partial charge in [-0.25, -0.2) is 0 Å². The van der Waals surface area contributed by atoms with Crippen LogP contribution < -0.4 is 10.6 Å². The van der Waals surface area contributed by atoms with E-state index in [1.165, 1.54) is 5.56 Å². The maximum Gasteiger partial charge on any atom is 0.228 e. The lowest BCUT2D eigenvalue weighted by Gasteiger charge is -2.36. The molecule has 1 saturated heterocycles. The number of hydrogen-bond acceptors (Lipinski definition) is 3. The number of amides is 2. The second-order valence-corrected chi connectivity index (χ2v) is 6.84. The second kappa shape index (κ2) is 6.71. The Hall–Kier alpha value is -1.88. The van der Waals surface area contributed by atoms with E-state index in [9.17, 15) is 9.59 Å². The van der Waals surface area contributed by atoms with Gasteiger partial charge in [-0.1, -0.05) is 12.1 Å². The third-order valence-corrected chi connectivity index (χ3v) is 4.56. The number of nitrogens with one attached hydrogen (secondary N) is 2. The molecule has 5 nitrogen and oxygen atoms in total. The number of carbonyl (C=O) groups is 2. The zero-order valence-corrected chi connectivity index (χ0v) is 13.9. The molecule has 2 atom stereocenters. The molecular weight excluding hydrogens is 290 g/mol. The number of nitrogens with zero attached hydrogens (tertiary/aromatic N) is 1. The molecule has 124 valence electrons. The predicted octanol–water partition coefficient (Wildman–Crippen LogP) is 1.71. The molecule has 0 unspecified atom stereocenters. The third kappa shape index (κ3) is 3.91. The molecule has 2 heterocycles. The van der Waals surface area contributed by atoms with Crippen LogP contribution in [0.5, 0.6) is 0 Å². The number of benzene rings is 1. The third-order valence-electron chi connectivity index (χ3n) is 4.56. The summed E-state index contributed by atoms with van der Waals surface area (Å²) in [5.41, 5.74) is 3.21. The van der Waals surface area contributed by atoms with Gasteiger partial charge in [-0.15, -0.1) is 0 Å². The molecule has 1 fully saturated rings. The normalized spacial score (nSPS) is 23.6. The van der Waals surface area contributed by atoms with Gasteiger partial charge >= 0.3 is 0 Å². The van der Waals surface area contributed by atoms with E-state index in [0.717, 1.165) is 37.2 Å². The molecule has 1 aromatic rings. The molecule has 23 heavy (non-hydrogen) atoms. The Labute approximate surface area is 137 Å². The van der Waals surface area contributed by atoms with Crippen molar-refractivity contribution in [1.82, 2.24) is 10.2 Å². The Morgan fingerprint density at radius 2 is 2.00 bits per heavy atom. The fraction of sp³-hybridized carbons (Fsp3) is 0.556. The summed E-state index contributed by atoms with van der Waals surface area (Å²) in [7, 11) is 0. The van der Waals surface area contributed by atoms with Crippen LogP contribution >= 0.6 is 0 Å². The largest absolute Gasteiger partial charge is 0.340 e. The zero-order chi connectivity index (χ0) is 16.4. The van der Waals surface area contributed by atoms with Crippen LogP contribution in [0.2, 0.25) is 0 Å². The van der Waals surface area contributed by atoms with Gasteiger partial charge in [-0.05, 0) is 43.9 Å². The lowest BCUT2D eigenvalue weighted by molar-refractivity contribution is -0.133. The van der Waals surface area contributed by atoms with Crippen molar-refractivity contribution in [2.45, 2.75) is 51.6 Å². The molecule has 1 aromatic carbocycles. The average Bonchev–Trinajstić information content (AvgIpc) is 2.85. The van der Waals surface area contributed by atoms with Crippen molar-refractivity contribution < 1.29 is 9.59 Å². The first kappa shape index (κ1) is 16.0. The summed E-state index contributed by atoms with van der Waals surface area (Å²) in [5.74, 6) is 0.317. The Bertz CT molecular complexity index is 604. The van der Waals surface area contributed by atoms with Crippen molar-refractivity contribution in [1.29, 1.82) is 0 Å². The van der Waals surface area contributed by atoms with Crippen LogP contribution in [0.1, 0.15) is 37.8 Å².